The van der Waals surface area contributed by atoms with Crippen LogP contribution in [0.3, 0.4) is 0 Å². The molecule has 2 heterocycles. The minimum atomic E-state index is -0.456. The van der Waals surface area contributed by atoms with Crippen LogP contribution in [0.4, 0.5) is 9.18 Å². The van der Waals surface area contributed by atoms with Gasteiger partial charge in [-0.2, -0.15) is 0 Å². The molecule has 2 aliphatic heterocycles. The molecule has 0 saturated carbocycles. The molecule has 7 heteroatoms. The van der Waals surface area contributed by atoms with Gasteiger partial charge in [0.2, 0.25) is 5.91 Å². The third-order valence-corrected chi connectivity index (χ3v) is 5.36. The number of amides is 3. The molecular formula is C19H26FN3O3. The van der Waals surface area contributed by atoms with E-state index < -0.39 is 5.41 Å². The standard InChI is InChI=1S/C19H26FN3O3/c1-26-11-10-22-8-3-6-19(17(22)24)7-9-23(14-19)18(25)21-13-15-4-2-5-16(20)12-15/h2,4-5,12H,3,6-11,13-14H2,1H3,(H,21,25)/t19-/m0/s1. The number of ether oxygens (including phenoxy) is 1. The van der Waals surface area contributed by atoms with Gasteiger partial charge in [0.1, 0.15) is 5.82 Å². The molecule has 26 heavy (non-hydrogen) atoms. The second-order valence-electron chi connectivity index (χ2n) is 7.13. The van der Waals surface area contributed by atoms with Crippen molar-refractivity contribution in [3.05, 3.63) is 35.6 Å². The van der Waals surface area contributed by atoms with Crippen molar-refractivity contribution in [2.75, 3.05) is 39.9 Å². The first-order valence-electron chi connectivity index (χ1n) is 9.10. The maximum Gasteiger partial charge on any atom is 0.317 e. The minimum Gasteiger partial charge on any atom is -0.383 e. The van der Waals surface area contributed by atoms with Gasteiger partial charge in [-0.05, 0) is 37.0 Å². The predicted octanol–water partition coefficient (Wildman–Crippen LogP) is 2.00. The van der Waals surface area contributed by atoms with Gasteiger partial charge in [0.25, 0.3) is 0 Å². The normalized spacial score (nSPS) is 22.9. The number of methoxy groups -OCH3 is 1. The minimum absolute atomic E-state index is 0.140. The van der Waals surface area contributed by atoms with Crippen LogP contribution in [0.2, 0.25) is 0 Å². The average Bonchev–Trinajstić information content (AvgIpc) is 3.06. The van der Waals surface area contributed by atoms with E-state index in [0.717, 1.165) is 19.4 Å². The second kappa shape index (κ2) is 8.03. The fraction of sp³-hybridized carbons (Fsp3) is 0.579. The van der Waals surface area contributed by atoms with Crippen LogP contribution >= 0.6 is 0 Å². The second-order valence-corrected chi connectivity index (χ2v) is 7.13. The molecule has 2 saturated heterocycles. The van der Waals surface area contributed by atoms with Crippen LogP contribution in [0.5, 0.6) is 0 Å². The lowest BCUT2D eigenvalue weighted by Gasteiger charge is -2.39. The Labute approximate surface area is 153 Å². The molecule has 0 aliphatic carbocycles. The van der Waals surface area contributed by atoms with Crippen molar-refractivity contribution in [1.29, 1.82) is 0 Å². The molecule has 6 nitrogen and oxygen atoms in total. The number of hydrogen-bond acceptors (Lipinski definition) is 3. The Morgan fingerprint density at radius 3 is 2.96 bits per heavy atom. The third kappa shape index (κ3) is 3.98. The van der Waals surface area contributed by atoms with Gasteiger partial charge in [0, 0.05) is 39.8 Å². The zero-order valence-corrected chi connectivity index (χ0v) is 15.2. The molecule has 1 N–H and O–H groups in total. The van der Waals surface area contributed by atoms with Gasteiger partial charge >= 0.3 is 6.03 Å². The fourth-order valence-electron chi connectivity index (χ4n) is 3.93. The molecular weight excluding hydrogens is 337 g/mol. The quantitative estimate of drug-likeness (QED) is 0.870. The van der Waals surface area contributed by atoms with Gasteiger partial charge in [-0.3, -0.25) is 4.79 Å². The molecule has 2 aliphatic rings. The van der Waals surface area contributed by atoms with Gasteiger partial charge in [-0.15, -0.1) is 0 Å². The number of rotatable bonds is 5. The number of halogens is 1. The van der Waals surface area contributed by atoms with E-state index in [1.165, 1.54) is 12.1 Å². The maximum absolute atomic E-state index is 13.2. The number of benzene rings is 1. The van der Waals surface area contributed by atoms with Crippen LogP contribution in [0.15, 0.2) is 24.3 Å². The molecule has 1 aromatic carbocycles. The summed E-state index contributed by atoms with van der Waals surface area (Å²) in [5.41, 5.74) is 0.258. The number of piperidine rings is 1. The number of likely N-dealkylation sites (tertiary alicyclic amines) is 2. The summed E-state index contributed by atoms with van der Waals surface area (Å²) in [6.07, 6.45) is 2.47. The molecule has 1 aromatic rings. The maximum atomic E-state index is 13.2. The molecule has 1 atom stereocenters. The SMILES string of the molecule is COCCN1CCC[C@@]2(CCN(C(=O)NCc3cccc(F)c3)C2)C1=O. The van der Waals surface area contributed by atoms with E-state index in [4.69, 9.17) is 4.74 Å². The van der Waals surface area contributed by atoms with Crippen molar-refractivity contribution in [2.45, 2.75) is 25.8 Å². The van der Waals surface area contributed by atoms with Gasteiger partial charge in [0.05, 0.1) is 12.0 Å². The van der Waals surface area contributed by atoms with E-state index in [2.05, 4.69) is 5.32 Å². The number of hydrogen-bond donors (Lipinski definition) is 1. The molecule has 3 rings (SSSR count). The Bertz CT molecular complexity index is 669. The molecule has 1 spiro atoms. The molecule has 0 radical (unpaired) electrons. The highest BCUT2D eigenvalue weighted by molar-refractivity contribution is 5.85. The predicted molar refractivity (Wildman–Crippen MR) is 94.9 cm³/mol. The van der Waals surface area contributed by atoms with Crippen LogP contribution in [-0.4, -0.2) is 61.6 Å². The van der Waals surface area contributed by atoms with E-state index in [1.54, 1.807) is 24.1 Å². The lowest BCUT2D eigenvalue weighted by molar-refractivity contribution is -0.146. The first kappa shape index (κ1) is 18.6. The van der Waals surface area contributed by atoms with Crippen LogP contribution in [-0.2, 0) is 16.1 Å². The number of carbonyl (C=O) groups is 2. The average molecular weight is 363 g/mol. The van der Waals surface area contributed by atoms with E-state index in [9.17, 15) is 14.0 Å². The number of nitrogens with zero attached hydrogens (tertiary/aromatic N) is 2. The number of carbonyl (C=O) groups excluding carboxylic acids is 2. The summed E-state index contributed by atoms with van der Waals surface area (Å²) in [6, 6.07) is 5.97. The fourth-order valence-corrected chi connectivity index (χ4v) is 3.93. The highest BCUT2D eigenvalue weighted by Crippen LogP contribution is 2.40. The molecule has 142 valence electrons. The van der Waals surface area contributed by atoms with Gasteiger partial charge in [0.15, 0.2) is 0 Å². The van der Waals surface area contributed by atoms with E-state index >= 15 is 0 Å². The highest BCUT2D eigenvalue weighted by Gasteiger charge is 2.49. The highest BCUT2D eigenvalue weighted by atomic mass is 19.1. The van der Waals surface area contributed by atoms with E-state index in [0.29, 0.717) is 38.2 Å². The summed E-state index contributed by atoms with van der Waals surface area (Å²) in [5.74, 6) is -0.179. The van der Waals surface area contributed by atoms with Gasteiger partial charge in [-0.1, -0.05) is 12.1 Å². The Morgan fingerprint density at radius 1 is 1.35 bits per heavy atom. The Kier molecular flexibility index (Phi) is 5.76. The molecule has 0 bridgehead atoms. The van der Waals surface area contributed by atoms with Crippen molar-refractivity contribution in [2.24, 2.45) is 5.41 Å². The van der Waals surface area contributed by atoms with Crippen molar-refractivity contribution >= 4 is 11.9 Å². The van der Waals surface area contributed by atoms with Gasteiger partial charge in [-0.25, -0.2) is 9.18 Å². The summed E-state index contributed by atoms with van der Waals surface area (Å²) >= 11 is 0. The van der Waals surface area contributed by atoms with Crippen molar-refractivity contribution in [3.63, 3.8) is 0 Å². The van der Waals surface area contributed by atoms with Gasteiger partial charge < -0.3 is 19.9 Å². The molecule has 0 aromatic heterocycles. The van der Waals surface area contributed by atoms with Crippen molar-refractivity contribution in [3.8, 4) is 0 Å². The Balaban J connectivity index is 1.56. The van der Waals surface area contributed by atoms with Crippen molar-refractivity contribution in [1.82, 2.24) is 15.1 Å². The summed E-state index contributed by atoms with van der Waals surface area (Å²) < 4.78 is 18.3. The van der Waals surface area contributed by atoms with E-state index in [1.807, 2.05) is 4.90 Å². The first-order valence-corrected chi connectivity index (χ1v) is 9.10. The number of urea groups is 1. The lowest BCUT2D eigenvalue weighted by atomic mass is 9.78. The first-order chi connectivity index (χ1) is 12.5. The Morgan fingerprint density at radius 2 is 2.19 bits per heavy atom. The summed E-state index contributed by atoms with van der Waals surface area (Å²) in [5, 5.41) is 2.83. The molecule has 3 amide bonds. The van der Waals surface area contributed by atoms with Crippen LogP contribution in [0.25, 0.3) is 0 Å². The van der Waals surface area contributed by atoms with Crippen molar-refractivity contribution < 1.29 is 18.7 Å². The lowest BCUT2D eigenvalue weighted by Crippen LogP contribution is -2.51. The summed E-state index contributed by atoms with van der Waals surface area (Å²) in [6.45, 7) is 3.18. The summed E-state index contributed by atoms with van der Waals surface area (Å²) in [4.78, 5) is 28.9. The topological polar surface area (TPSA) is 61.9 Å². The zero-order chi connectivity index (χ0) is 18.6. The van der Waals surface area contributed by atoms with Crippen LogP contribution in [0.1, 0.15) is 24.8 Å². The monoisotopic (exact) mass is 363 g/mol. The number of nitrogens with one attached hydrogen (secondary N) is 1. The largest absolute Gasteiger partial charge is 0.383 e. The smallest absolute Gasteiger partial charge is 0.317 e. The van der Waals surface area contributed by atoms with Crippen LogP contribution < -0.4 is 5.32 Å². The van der Waals surface area contributed by atoms with E-state index in [-0.39, 0.29) is 24.3 Å². The molecule has 0 unspecified atom stereocenters. The Hall–Kier alpha value is -2.15. The molecule has 2 fully saturated rings. The zero-order valence-electron chi connectivity index (χ0n) is 15.2. The van der Waals surface area contributed by atoms with Crippen LogP contribution in [0, 0.1) is 11.2 Å². The third-order valence-electron chi connectivity index (χ3n) is 5.36. The summed E-state index contributed by atoms with van der Waals surface area (Å²) in [7, 11) is 1.63.